The molecule has 0 aromatic carbocycles. The molecule has 5 nitrogen and oxygen atoms in total. The fourth-order valence-corrected chi connectivity index (χ4v) is 5.04. The number of amides is 2. The number of thiophene rings is 1. The van der Waals surface area contributed by atoms with Crippen molar-refractivity contribution >= 4 is 28.2 Å². The van der Waals surface area contributed by atoms with Crippen molar-refractivity contribution in [1.29, 1.82) is 0 Å². The minimum Gasteiger partial charge on any atom is -0.341 e. The van der Waals surface area contributed by atoms with Crippen molar-refractivity contribution < 1.29 is 9.59 Å². The number of rotatable bonds is 7. The summed E-state index contributed by atoms with van der Waals surface area (Å²) in [6.45, 7) is 9.07. The van der Waals surface area contributed by atoms with Crippen molar-refractivity contribution in [3.05, 3.63) is 46.1 Å². The van der Waals surface area contributed by atoms with Crippen LogP contribution in [-0.2, 0) is 12.8 Å². The molecule has 0 fully saturated rings. The average Bonchev–Trinajstić information content (AvgIpc) is 3.16. The van der Waals surface area contributed by atoms with E-state index >= 15 is 0 Å². The molecule has 6 heteroatoms. The van der Waals surface area contributed by atoms with Crippen LogP contribution in [0, 0.1) is 5.92 Å². The molecule has 0 saturated heterocycles. The van der Waals surface area contributed by atoms with Crippen LogP contribution >= 0.6 is 11.3 Å². The Morgan fingerprint density at radius 3 is 2.53 bits per heavy atom. The Labute approximate surface area is 184 Å². The number of aromatic nitrogens is 1. The Kier molecular flexibility index (Phi) is 9.50. The van der Waals surface area contributed by atoms with Gasteiger partial charge >= 0.3 is 0 Å². The Balaban J connectivity index is 0.00000155. The predicted octanol–water partition coefficient (Wildman–Crippen LogP) is 5.81. The second-order valence-corrected chi connectivity index (χ2v) is 8.58. The van der Waals surface area contributed by atoms with Crippen LogP contribution in [0.15, 0.2) is 24.5 Å². The Bertz CT molecular complexity index is 828. The van der Waals surface area contributed by atoms with Crippen LogP contribution in [0.4, 0.5) is 5.00 Å². The van der Waals surface area contributed by atoms with Gasteiger partial charge in [-0.2, -0.15) is 0 Å². The van der Waals surface area contributed by atoms with E-state index in [2.05, 4.69) is 24.1 Å². The first-order chi connectivity index (χ1) is 14.5. The highest BCUT2D eigenvalue weighted by Crippen LogP contribution is 2.39. The SMILES string of the molecule is CC.CCC(CC)CN(C)C(=O)c1c(NC(=O)c2cccnc2)sc2c1CCCC2. The van der Waals surface area contributed by atoms with Gasteiger partial charge in [0, 0.05) is 30.9 Å². The molecule has 0 saturated carbocycles. The number of nitrogens with one attached hydrogen (secondary N) is 1. The Hall–Kier alpha value is -2.21. The van der Waals surface area contributed by atoms with Crippen molar-refractivity contribution in [2.75, 3.05) is 18.9 Å². The van der Waals surface area contributed by atoms with Crippen LogP contribution in [0.1, 0.15) is 84.5 Å². The van der Waals surface area contributed by atoms with Crippen molar-refractivity contribution in [3.8, 4) is 0 Å². The lowest BCUT2D eigenvalue weighted by Crippen LogP contribution is -2.32. The maximum Gasteiger partial charge on any atom is 0.257 e. The molecule has 0 spiro atoms. The smallest absolute Gasteiger partial charge is 0.257 e. The molecule has 1 aliphatic rings. The summed E-state index contributed by atoms with van der Waals surface area (Å²) in [7, 11) is 1.88. The third-order valence-corrected chi connectivity index (χ3v) is 6.78. The fraction of sp³-hybridized carbons (Fsp3) is 0.542. The van der Waals surface area contributed by atoms with Gasteiger partial charge in [0.05, 0.1) is 11.1 Å². The van der Waals surface area contributed by atoms with Crippen LogP contribution in [0.3, 0.4) is 0 Å². The van der Waals surface area contributed by atoms with Gasteiger partial charge in [-0.05, 0) is 49.3 Å². The third kappa shape index (κ3) is 5.69. The van der Waals surface area contributed by atoms with Gasteiger partial charge in [0.2, 0.25) is 0 Å². The van der Waals surface area contributed by atoms with E-state index in [1.807, 2.05) is 25.8 Å². The van der Waals surface area contributed by atoms with Crippen LogP contribution < -0.4 is 5.32 Å². The second-order valence-electron chi connectivity index (χ2n) is 7.48. The number of fused-ring (bicyclic) bond motifs is 1. The zero-order chi connectivity index (χ0) is 22.1. The molecule has 0 aliphatic heterocycles. The number of hydrogen-bond acceptors (Lipinski definition) is 4. The van der Waals surface area contributed by atoms with Crippen LogP contribution in [0.5, 0.6) is 0 Å². The molecular weight excluding hydrogens is 394 g/mol. The maximum atomic E-state index is 13.4. The summed E-state index contributed by atoms with van der Waals surface area (Å²) >= 11 is 1.56. The van der Waals surface area contributed by atoms with E-state index in [-0.39, 0.29) is 11.8 Å². The van der Waals surface area contributed by atoms with E-state index < -0.39 is 0 Å². The van der Waals surface area contributed by atoms with Crippen LogP contribution in [0.2, 0.25) is 0 Å². The van der Waals surface area contributed by atoms with Gasteiger partial charge in [-0.3, -0.25) is 14.6 Å². The zero-order valence-corrected chi connectivity index (χ0v) is 19.8. The molecule has 0 radical (unpaired) electrons. The largest absolute Gasteiger partial charge is 0.341 e. The lowest BCUT2D eigenvalue weighted by Gasteiger charge is -2.24. The predicted molar refractivity (Wildman–Crippen MR) is 126 cm³/mol. The highest BCUT2D eigenvalue weighted by Gasteiger charge is 2.28. The average molecular weight is 430 g/mol. The van der Waals surface area contributed by atoms with E-state index in [9.17, 15) is 9.59 Å². The van der Waals surface area contributed by atoms with E-state index in [1.165, 1.54) is 4.88 Å². The van der Waals surface area contributed by atoms with E-state index in [0.29, 0.717) is 22.0 Å². The molecule has 2 amide bonds. The standard InChI is InChI=1S/C22H29N3O2S.C2H6/c1-4-15(5-2)14-25(3)22(27)19-17-10-6-7-11-18(17)28-21(19)24-20(26)16-9-8-12-23-13-16;1-2/h8-9,12-13,15H,4-7,10-11,14H2,1-3H3,(H,24,26);1-2H3. The summed E-state index contributed by atoms with van der Waals surface area (Å²) in [5.74, 6) is 0.299. The van der Waals surface area contributed by atoms with Gasteiger partial charge < -0.3 is 10.2 Å². The molecule has 0 bridgehead atoms. The zero-order valence-electron chi connectivity index (χ0n) is 19.0. The maximum absolute atomic E-state index is 13.4. The molecule has 1 aliphatic carbocycles. The first-order valence-corrected chi connectivity index (χ1v) is 12.0. The molecule has 0 unspecified atom stereocenters. The molecule has 0 atom stereocenters. The minimum atomic E-state index is -0.219. The van der Waals surface area contributed by atoms with Gasteiger partial charge in [0.15, 0.2) is 0 Å². The Morgan fingerprint density at radius 2 is 1.90 bits per heavy atom. The topological polar surface area (TPSA) is 62.3 Å². The number of nitrogens with zero attached hydrogens (tertiary/aromatic N) is 2. The number of anilines is 1. The van der Waals surface area contributed by atoms with Crippen LogP contribution in [0.25, 0.3) is 0 Å². The number of carbonyl (C=O) groups is 2. The Morgan fingerprint density at radius 1 is 1.20 bits per heavy atom. The van der Waals surface area contributed by atoms with Gasteiger partial charge in [0.1, 0.15) is 5.00 Å². The molecule has 30 heavy (non-hydrogen) atoms. The summed E-state index contributed by atoms with van der Waals surface area (Å²) in [5.41, 5.74) is 2.34. The van der Waals surface area contributed by atoms with E-state index in [1.54, 1.807) is 35.9 Å². The molecule has 2 aromatic rings. The third-order valence-electron chi connectivity index (χ3n) is 5.57. The highest BCUT2D eigenvalue weighted by atomic mass is 32.1. The first-order valence-electron chi connectivity index (χ1n) is 11.2. The summed E-state index contributed by atoms with van der Waals surface area (Å²) < 4.78 is 0. The summed E-state index contributed by atoms with van der Waals surface area (Å²) in [6, 6.07) is 3.47. The van der Waals surface area contributed by atoms with Gasteiger partial charge in [-0.1, -0.05) is 40.5 Å². The summed E-state index contributed by atoms with van der Waals surface area (Å²) in [4.78, 5) is 33.1. The molecule has 2 aromatic heterocycles. The lowest BCUT2D eigenvalue weighted by molar-refractivity contribution is 0.0770. The van der Waals surface area contributed by atoms with Crippen molar-refractivity contribution in [3.63, 3.8) is 0 Å². The van der Waals surface area contributed by atoms with E-state index in [4.69, 9.17) is 0 Å². The van der Waals surface area contributed by atoms with Gasteiger partial charge in [0.25, 0.3) is 11.8 Å². The number of hydrogen-bond donors (Lipinski definition) is 1. The van der Waals surface area contributed by atoms with E-state index in [0.717, 1.165) is 50.6 Å². The molecule has 3 rings (SSSR count). The summed E-state index contributed by atoms with van der Waals surface area (Å²) in [5, 5.41) is 3.68. The summed E-state index contributed by atoms with van der Waals surface area (Å²) in [6.07, 6.45) is 9.43. The lowest BCUT2D eigenvalue weighted by atomic mass is 9.94. The first kappa shape index (κ1) is 24.1. The van der Waals surface area contributed by atoms with Crippen molar-refractivity contribution in [1.82, 2.24) is 9.88 Å². The monoisotopic (exact) mass is 429 g/mol. The normalized spacial score (nSPS) is 12.6. The quantitative estimate of drug-likeness (QED) is 0.604. The van der Waals surface area contributed by atoms with Gasteiger partial charge in [-0.25, -0.2) is 0 Å². The molecule has 164 valence electrons. The highest BCUT2D eigenvalue weighted by molar-refractivity contribution is 7.17. The van der Waals surface area contributed by atoms with Crippen molar-refractivity contribution in [2.24, 2.45) is 5.92 Å². The molecule has 1 N–H and O–H groups in total. The second kappa shape index (κ2) is 11.8. The van der Waals surface area contributed by atoms with Crippen molar-refractivity contribution in [2.45, 2.75) is 66.2 Å². The molecule has 2 heterocycles. The van der Waals surface area contributed by atoms with Gasteiger partial charge in [-0.15, -0.1) is 11.3 Å². The number of carbonyl (C=O) groups excluding carboxylic acids is 2. The number of pyridine rings is 1. The fourth-order valence-electron chi connectivity index (χ4n) is 3.76. The number of aryl methyl sites for hydroxylation is 1. The minimum absolute atomic E-state index is 0.0211. The molecular formula is C24H35N3O2S. The van der Waals surface area contributed by atoms with Crippen LogP contribution in [-0.4, -0.2) is 35.3 Å².